The van der Waals surface area contributed by atoms with Crippen LogP contribution >= 0.6 is 11.3 Å². The van der Waals surface area contributed by atoms with E-state index >= 15 is 0 Å². The highest BCUT2D eigenvalue weighted by Gasteiger charge is 2.47. The molecule has 2 unspecified atom stereocenters. The van der Waals surface area contributed by atoms with Gasteiger partial charge in [0.25, 0.3) is 0 Å². The SMILES string of the molecule is O=C(CCN1C(=O)C2CCCCC2C1=O)Nc1nc(-c2cc(F)ccc2F)cs1. The third-order valence-corrected chi connectivity index (χ3v) is 6.21. The van der Waals surface area contributed by atoms with Crippen molar-refractivity contribution in [1.29, 1.82) is 0 Å². The Labute approximate surface area is 169 Å². The van der Waals surface area contributed by atoms with Crippen LogP contribution in [0, 0.1) is 23.5 Å². The quantitative estimate of drug-likeness (QED) is 0.752. The van der Waals surface area contributed by atoms with Gasteiger partial charge in [-0.3, -0.25) is 19.3 Å². The molecule has 1 aromatic carbocycles. The Hall–Kier alpha value is -2.68. The topological polar surface area (TPSA) is 79.4 Å². The number of carbonyl (C=O) groups is 3. The number of halogens is 2. The Morgan fingerprint density at radius 2 is 1.86 bits per heavy atom. The fraction of sp³-hybridized carbons (Fsp3) is 0.400. The molecule has 1 saturated heterocycles. The zero-order valence-electron chi connectivity index (χ0n) is 15.5. The zero-order chi connectivity index (χ0) is 20.5. The summed E-state index contributed by atoms with van der Waals surface area (Å²) in [6.07, 6.45) is 3.33. The molecular formula is C20H19F2N3O3S. The number of rotatable bonds is 5. The van der Waals surface area contributed by atoms with E-state index in [1.807, 2.05) is 0 Å². The minimum Gasteiger partial charge on any atom is -0.302 e. The average Bonchev–Trinajstić information content (AvgIpc) is 3.26. The summed E-state index contributed by atoms with van der Waals surface area (Å²) >= 11 is 1.08. The molecule has 9 heteroatoms. The van der Waals surface area contributed by atoms with Gasteiger partial charge < -0.3 is 5.32 Å². The van der Waals surface area contributed by atoms with E-state index < -0.39 is 17.5 Å². The predicted octanol–water partition coefficient (Wildman–Crippen LogP) is 3.59. The van der Waals surface area contributed by atoms with E-state index in [0.717, 1.165) is 55.2 Å². The molecular weight excluding hydrogens is 400 g/mol. The first-order valence-corrected chi connectivity index (χ1v) is 10.4. The summed E-state index contributed by atoms with van der Waals surface area (Å²) in [5, 5.41) is 4.34. The van der Waals surface area contributed by atoms with Crippen LogP contribution in [0.4, 0.5) is 13.9 Å². The van der Waals surface area contributed by atoms with Gasteiger partial charge in [0.2, 0.25) is 17.7 Å². The summed E-state index contributed by atoms with van der Waals surface area (Å²) in [4.78, 5) is 42.4. The normalized spacial score (nSPS) is 21.4. The minimum absolute atomic E-state index is 0.0117. The first kappa shape index (κ1) is 19.6. The Balaban J connectivity index is 1.36. The molecule has 6 nitrogen and oxygen atoms in total. The molecule has 2 atom stereocenters. The zero-order valence-corrected chi connectivity index (χ0v) is 16.3. The van der Waals surface area contributed by atoms with Crippen LogP contribution in [-0.4, -0.2) is 34.2 Å². The van der Waals surface area contributed by atoms with Gasteiger partial charge in [0, 0.05) is 23.9 Å². The van der Waals surface area contributed by atoms with Crippen molar-refractivity contribution >= 4 is 34.2 Å². The standard InChI is InChI=1S/C20H19F2N3O3S/c21-11-5-6-15(22)14(9-11)16-10-29-20(23-16)24-17(26)7-8-25-18(27)12-3-1-2-4-13(12)19(25)28/h5-6,9-10,12-13H,1-4,7-8H2,(H,23,24,26). The predicted molar refractivity (Wildman–Crippen MR) is 103 cm³/mol. The molecule has 1 aliphatic carbocycles. The molecule has 0 spiro atoms. The van der Waals surface area contributed by atoms with Crippen molar-refractivity contribution in [2.45, 2.75) is 32.1 Å². The number of likely N-dealkylation sites (tertiary alicyclic amines) is 1. The lowest BCUT2D eigenvalue weighted by molar-refractivity contribution is -0.140. The van der Waals surface area contributed by atoms with Gasteiger partial charge in [-0.15, -0.1) is 11.3 Å². The van der Waals surface area contributed by atoms with Crippen LogP contribution in [0.2, 0.25) is 0 Å². The van der Waals surface area contributed by atoms with E-state index in [1.165, 1.54) is 10.3 Å². The molecule has 2 fully saturated rings. The molecule has 1 saturated carbocycles. The van der Waals surface area contributed by atoms with Gasteiger partial charge in [-0.2, -0.15) is 0 Å². The highest BCUT2D eigenvalue weighted by Crippen LogP contribution is 2.38. The molecule has 1 aromatic heterocycles. The van der Waals surface area contributed by atoms with Crippen molar-refractivity contribution in [1.82, 2.24) is 9.88 Å². The molecule has 152 valence electrons. The van der Waals surface area contributed by atoms with E-state index in [-0.39, 0.29) is 53.0 Å². The highest BCUT2D eigenvalue weighted by atomic mass is 32.1. The Kier molecular flexibility index (Phi) is 5.40. The smallest absolute Gasteiger partial charge is 0.233 e. The Bertz CT molecular complexity index is 954. The fourth-order valence-corrected chi connectivity index (χ4v) is 4.72. The summed E-state index contributed by atoms with van der Waals surface area (Å²) < 4.78 is 27.2. The largest absolute Gasteiger partial charge is 0.302 e. The van der Waals surface area contributed by atoms with Crippen LogP contribution in [0.3, 0.4) is 0 Å². The first-order valence-electron chi connectivity index (χ1n) is 9.50. The maximum absolute atomic E-state index is 13.9. The summed E-state index contributed by atoms with van der Waals surface area (Å²) in [6, 6.07) is 3.08. The summed E-state index contributed by atoms with van der Waals surface area (Å²) in [5.74, 6) is -2.41. The van der Waals surface area contributed by atoms with Crippen LogP contribution in [0.15, 0.2) is 23.6 Å². The molecule has 2 aromatic rings. The van der Waals surface area contributed by atoms with Crippen molar-refractivity contribution in [3.63, 3.8) is 0 Å². The molecule has 4 rings (SSSR count). The van der Waals surface area contributed by atoms with Crippen molar-refractivity contribution < 1.29 is 23.2 Å². The maximum Gasteiger partial charge on any atom is 0.233 e. The van der Waals surface area contributed by atoms with Crippen LogP contribution in [-0.2, 0) is 14.4 Å². The number of imide groups is 1. The second kappa shape index (κ2) is 7.98. The summed E-state index contributed by atoms with van der Waals surface area (Å²) in [6.45, 7) is 0.0350. The number of hydrogen-bond acceptors (Lipinski definition) is 5. The van der Waals surface area contributed by atoms with E-state index in [2.05, 4.69) is 10.3 Å². The molecule has 0 bridgehead atoms. The van der Waals surface area contributed by atoms with Crippen LogP contribution in [0.1, 0.15) is 32.1 Å². The molecule has 0 radical (unpaired) electrons. The number of nitrogens with zero attached hydrogens (tertiary/aromatic N) is 2. The number of amides is 3. The minimum atomic E-state index is -0.609. The third-order valence-electron chi connectivity index (χ3n) is 5.45. The van der Waals surface area contributed by atoms with E-state index in [4.69, 9.17) is 0 Å². The monoisotopic (exact) mass is 419 g/mol. The molecule has 2 heterocycles. The van der Waals surface area contributed by atoms with Crippen molar-refractivity contribution in [3.8, 4) is 11.3 Å². The number of hydrogen-bond donors (Lipinski definition) is 1. The Morgan fingerprint density at radius 1 is 1.17 bits per heavy atom. The van der Waals surface area contributed by atoms with Crippen LogP contribution < -0.4 is 5.32 Å². The van der Waals surface area contributed by atoms with Crippen molar-refractivity contribution in [3.05, 3.63) is 35.2 Å². The second-order valence-electron chi connectivity index (χ2n) is 7.29. The fourth-order valence-electron chi connectivity index (χ4n) is 4.00. The van der Waals surface area contributed by atoms with Crippen molar-refractivity contribution in [2.24, 2.45) is 11.8 Å². The van der Waals surface area contributed by atoms with Gasteiger partial charge in [-0.05, 0) is 31.0 Å². The summed E-state index contributed by atoms with van der Waals surface area (Å²) in [7, 11) is 0. The molecule has 29 heavy (non-hydrogen) atoms. The number of fused-ring (bicyclic) bond motifs is 1. The second-order valence-corrected chi connectivity index (χ2v) is 8.14. The van der Waals surface area contributed by atoms with E-state index in [0.29, 0.717) is 0 Å². The number of aromatic nitrogens is 1. The van der Waals surface area contributed by atoms with Crippen LogP contribution in [0.5, 0.6) is 0 Å². The average molecular weight is 419 g/mol. The van der Waals surface area contributed by atoms with Gasteiger partial charge in [0.1, 0.15) is 11.6 Å². The van der Waals surface area contributed by atoms with Gasteiger partial charge in [-0.1, -0.05) is 12.8 Å². The van der Waals surface area contributed by atoms with Gasteiger partial charge in [-0.25, -0.2) is 13.8 Å². The van der Waals surface area contributed by atoms with E-state index in [9.17, 15) is 23.2 Å². The number of anilines is 1. The molecule has 1 aliphatic heterocycles. The molecule has 2 aliphatic rings. The van der Waals surface area contributed by atoms with Gasteiger partial charge in [0.05, 0.1) is 17.5 Å². The lowest BCUT2D eigenvalue weighted by Gasteiger charge is -2.19. The number of carbonyl (C=O) groups excluding carboxylic acids is 3. The first-order chi connectivity index (χ1) is 13.9. The maximum atomic E-state index is 13.9. The van der Waals surface area contributed by atoms with Gasteiger partial charge >= 0.3 is 0 Å². The molecule has 3 amide bonds. The number of benzene rings is 1. The lowest BCUT2D eigenvalue weighted by atomic mass is 9.81. The number of nitrogens with one attached hydrogen (secondary N) is 1. The summed E-state index contributed by atoms with van der Waals surface area (Å²) in [5.41, 5.74) is 0.230. The van der Waals surface area contributed by atoms with Crippen molar-refractivity contribution in [2.75, 3.05) is 11.9 Å². The van der Waals surface area contributed by atoms with Gasteiger partial charge in [0.15, 0.2) is 5.13 Å². The number of thiazole rings is 1. The molecule has 1 N–H and O–H groups in total. The van der Waals surface area contributed by atoms with Crippen LogP contribution in [0.25, 0.3) is 11.3 Å². The third kappa shape index (κ3) is 3.91. The Morgan fingerprint density at radius 3 is 2.55 bits per heavy atom. The lowest BCUT2D eigenvalue weighted by Crippen LogP contribution is -2.34. The van der Waals surface area contributed by atoms with E-state index in [1.54, 1.807) is 0 Å². The highest BCUT2D eigenvalue weighted by molar-refractivity contribution is 7.14.